The fourth-order valence-corrected chi connectivity index (χ4v) is 2.72. The van der Waals surface area contributed by atoms with Crippen molar-refractivity contribution in [3.8, 4) is 11.8 Å². The number of benzene rings is 1. The van der Waals surface area contributed by atoms with Crippen LogP contribution in [0.1, 0.15) is 37.3 Å². The average molecular weight is 229 g/mol. The van der Waals surface area contributed by atoms with E-state index in [-0.39, 0.29) is 5.41 Å². The zero-order chi connectivity index (χ0) is 12.5. The Hall–Kier alpha value is -1.49. The maximum absolute atomic E-state index is 9.45. The van der Waals surface area contributed by atoms with Crippen molar-refractivity contribution in [2.45, 2.75) is 38.5 Å². The lowest BCUT2D eigenvalue weighted by atomic mass is 9.59. The maximum Gasteiger partial charge on any atom is 0.122 e. The van der Waals surface area contributed by atoms with Crippen LogP contribution in [0.4, 0.5) is 0 Å². The summed E-state index contributed by atoms with van der Waals surface area (Å²) in [5.41, 5.74) is 1.98. The lowest BCUT2D eigenvalue weighted by Gasteiger charge is -2.43. The predicted molar refractivity (Wildman–Crippen MR) is 68.0 cm³/mol. The van der Waals surface area contributed by atoms with Crippen molar-refractivity contribution < 1.29 is 4.74 Å². The predicted octanol–water partition coefficient (Wildman–Crippen LogP) is 3.59. The van der Waals surface area contributed by atoms with E-state index in [4.69, 9.17) is 4.74 Å². The molecule has 0 atom stereocenters. The summed E-state index contributed by atoms with van der Waals surface area (Å²) < 4.78 is 5.34. The highest BCUT2D eigenvalue weighted by atomic mass is 16.5. The molecule has 2 nitrogen and oxygen atoms in total. The second-order valence-corrected chi connectivity index (χ2v) is 5.06. The molecule has 0 N–H and O–H groups in total. The first-order chi connectivity index (χ1) is 8.15. The first-order valence-corrected chi connectivity index (χ1v) is 6.21. The number of aryl methyl sites for hydroxylation is 1. The van der Waals surface area contributed by atoms with E-state index in [0.717, 1.165) is 29.7 Å². The van der Waals surface area contributed by atoms with E-state index in [9.17, 15) is 5.26 Å². The standard InChI is InChI=1S/C15H19NO/c1-4-12-8-15(9-12,10-16)13-6-5-11(2)14(7-13)17-3/h5-7,12H,4,8-9H2,1-3H3. The number of ether oxygens (including phenoxy) is 1. The number of hydrogen-bond acceptors (Lipinski definition) is 2. The third-order valence-corrected chi connectivity index (χ3v) is 4.03. The average Bonchev–Trinajstić information content (AvgIpc) is 2.30. The van der Waals surface area contributed by atoms with Crippen LogP contribution in [0.2, 0.25) is 0 Å². The van der Waals surface area contributed by atoms with Crippen molar-refractivity contribution in [3.63, 3.8) is 0 Å². The molecule has 17 heavy (non-hydrogen) atoms. The van der Waals surface area contributed by atoms with E-state index < -0.39 is 0 Å². The summed E-state index contributed by atoms with van der Waals surface area (Å²) in [5.74, 6) is 1.60. The molecule has 2 heteroatoms. The number of hydrogen-bond donors (Lipinski definition) is 0. The van der Waals surface area contributed by atoms with Crippen LogP contribution in [0, 0.1) is 24.2 Å². The quantitative estimate of drug-likeness (QED) is 0.793. The van der Waals surface area contributed by atoms with Crippen molar-refractivity contribution in [2.75, 3.05) is 7.11 Å². The molecular formula is C15H19NO. The Labute approximate surface area is 103 Å². The van der Waals surface area contributed by atoms with Crippen molar-refractivity contribution >= 4 is 0 Å². The molecule has 0 bridgehead atoms. The van der Waals surface area contributed by atoms with Crippen molar-refractivity contribution in [1.82, 2.24) is 0 Å². The van der Waals surface area contributed by atoms with E-state index >= 15 is 0 Å². The smallest absolute Gasteiger partial charge is 0.122 e. The summed E-state index contributed by atoms with van der Waals surface area (Å²) in [6.45, 7) is 4.22. The Morgan fingerprint density at radius 3 is 2.71 bits per heavy atom. The monoisotopic (exact) mass is 229 g/mol. The van der Waals surface area contributed by atoms with Gasteiger partial charge < -0.3 is 4.74 Å². The van der Waals surface area contributed by atoms with Crippen molar-refractivity contribution in [3.05, 3.63) is 29.3 Å². The molecule has 0 saturated heterocycles. The van der Waals surface area contributed by atoms with Gasteiger partial charge in [-0.2, -0.15) is 5.26 Å². The Morgan fingerprint density at radius 2 is 2.18 bits per heavy atom. The van der Waals surface area contributed by atoms with Gasteiger partial charge in [-0.05, 0) is 42.9 Å². The second kappa shape index (κ2) is 4.41. The van der Waals surface area contributed by atoms with E-state index in [1.807, 2.05) is 19.1 Å². The van der Waals surface area contributed by atoms with Gasteiger partial charge in [0.05, 0.1) is 18.6 Å². The van der Waals surface area contributed by atoms with Gasteiger partial charge in [-0.25, -0.2) is 0 Å². The highest BCUT2D eigenvalue weighted by molar-refractivity contribution is 5.44. The molecule has 1 aromatic rings. The molecule has 1 aliphatic carbocycles. The zero-order valence-electron chi connectivity index (χ0n) is 10.8. The molecule has 1 fully saturated rings. The summed E-state index contributed by atoms with van der Waals surface area (Å²) in [6.07, 6.45) is 3.16. The van der Waals surface area contributed by atoms with Crippen LogP contribution in [0.5, 0.6) is 5.75 Å². The van der Waals surface area contributed by atoms with Gasteiger partial charge in [-0.3, -0.25) is 0 Å². The van der Waals surface area contributed by atoms with E-state index in [0.29, 0.717) is 5.92 Å². The molecule has 1 aliphatic rings. The van der Waals surface area contributed by atoms with Gasteiger partial charge in [0, 0.05) is 0 Å². The normalized spacial score (nSPS) is 27.1. The van der Waals surface area contributed by atoms with Gasteiger partial charge in [0.2, 0.25) is 0 Å². The topological polar surface area (TPSA) is 33.0 Å². The molecule has 0 unspecified atom stereocenters. The van der Waals surface area contributed by atoms with Crippen LogP contribution in [0.15, 0.2) is 18.2 Å². The molecular weight excluding hydrogens is 210 g/mol. The number of methoxy groups -OCH3 is 1. The fraction of sp³-hybridized carbons (Fsp3) is 0.533. The van der Waals surface area contributed by atoms with Crippen LogP contribution < -0.4 is 4.74 Å². The Morgan fingerprint density at radius 1 is 1.47 bits per heavy atom. The number of nitriles is 1. The van der Waals surface area contributed by atoms with Crippen LogP contribution in [-0.4, -0.2) is 7.11 Å². The first kappa shape index (κ1) is 12.0. The van der Waals surface area contributed by atoms with E-state index in [2.05, 4.69) is 19.1 Å². The Balaban J connectivity index is 2.31. The Bertz CT molecular complexity index is 452. The van der Waals surface area contributed by atoms with Gasteiger partial charge in [0.1, 0.15) is 5.75 Å². The summed E-state index contributed by atoms with van der Waals surface area (Å²) in [7, 11) is 1.68. The Kier molecular flexibility index (Phi) is 3.11. The molecule has 0 radical (unpaired) electrons. The van der Waals surface area contributed by atoms with Crippen LogP contribution in [0.3, 0.4) is 0 Å². The van der Waals surface area contributed by atoms with E-state index in [1.54, 1.807) is 7.11 Å². The molecule has 0 spiro atoms. The molecule has 0 heterocycles. The number of rotatable bonds is 3. The second-order valence-electron chi connectivity index (χ2n) is 5.06. The van der Waals surface area contributed by atoms with Crippen LogP contribution in [-0.2, 0) is 5.41 Å². The minimum Gasteiger partial charge on any atom is -0.496 e. The molecule has 1 aromatic carbocycles. The van der Waals surface area contributed by atoms with Gasteiger partial charge in [-0.15, -0.1) is 0 Å². The highest BCUT2D eigenvalue weighted by Gasteiger charge is 2.45. The minimum absolute atomic E-state index is 0.262. The lowest BCUT2D eigenvalue weighted by molar-refractivity contribution is 0.191. The minimum atomic E-state index is -0.262. The number of nitrogens with zero attached hydrogens (tertiary/aromatic N) is 1. The summed E-state index contributed by atoms with van der Waals surface area (Å²) in [5, 5.41) is 9.45. The van der Waals surface area contributed by atoms with Crippen LogP contribution in [0.25, 0.3) is 0 Å². The molecule has 1 saturated carbocycles. The van der Waals surface area contributed by atoms with Gasteiger partial charge in [0.15, 0.2) is 0 Å². The van der Waals surface area contributed by atoms with Gasteiger partial charge >= 0.3 is 0 Å². The third kappa shape index (κ3) is 1.91. The fourth-order valence-electron chi connectivity index (χ4n) is 2.72. The van der Waals surface area contributed by atoms with Crippen molar-refractivity contribution in [2.24, 2.45) is 5.92 Å². The lowest BCUT2D eigenvalue weighted by Crippen LogP contribution is -2.39. The SMILES string of the molecule is CCC1CC(C#N)(c2ccc(C)c(OC)c2)C1. The van der Waals surface area contributed by atoms with Gasteiger partial charge in [0.25, 0.3) is 0 Å². The summed E-state index contributed by atoms with van der Waals surface area (Å²) >= 11 is 0. The molecule has 0 amide bonds. The maximum atomic E-state index is 9.45. The summed E-state index contributed by atoms with van der Waals surface area (Å²) in [4.78, 5) is 0. The first-order valence-electron chi connectivity index (χ1n) is 6.21. The third-order valence-electron chi connectivity index (χ3n) is 4.03. The molecule has 0 aromatic heterocycles. The zero-order valence-corrected chi connectivity index (χ0v) is 10.8. The van der Waals surface area contributed by atoms with Crippen LogP contribution >= 0.6 is 0 Å². The molecule has 2 rings (SSSR count). The van der Waals surface area contributed by atoms with E-state index in [1.165, 1.54) is 6.42 Å². The van der Waals surface area contributed by atoms with Gasteiger partial charge in [-0.1, -0.05) is 25.5 Å². The molecule has 90 valence electrons. The largest absolute Gasteiger partial charge is 0.496 e. The van der Waals surface area contributed by atoms with Crippen molar-refractivity contribution in [1.29, 1.82) is 5.26 Å². The molecule has 0 aliphatic heterocycles. The highest BCUT2D eigenvalue weighted by Crippen LogP contribution is 2.49. The summed E-state index contributed by atoms with van der Waals surface area (Å²) in [6, 6.07) is 8.67.